The first-order chi connectivity index (χ1) is 31.6. The van der Waals surface area contributed by atoms with Crippen LogP contribution < -0.4 is 4.90 Å². The third-order valence-electron chi connectivity index (χ3n) is 13.4. The van der Waals surface area contributed by atoms with Gasteiger partial charge in [0.05, 0.1) is 34.0 Å². The molecule has 64 heavy (non-hydrogen) atoms. The lowest BCUT2D eigenvalue weighted by molar-refractivity contribution is 0.870. The molecule has 6 aromatic carbocycles. The van der Waals surface area contributed by atoms with E-state index in [9.17, 15) is 0 Å². The van der Waals surface area contributed by atoms with Gasteiger partial charge in [0.15, 0.2) is 11.6 Å². The molecule has 6 heterocycles. The van der Waals surface area contributed by atoms with Gasteiger partial charge in [-0.1, -0.05) is 78.9 Å². The highest BCUT2D eigenvalue weighted by molar-refractivity contribution is 7.25. The van der Waals surface area contributed by atoms with E-state index in [2.05, 4.69) is 150 Å². The molecular formula is C55H37N7S2. The van der Waals surface area contributed by atoms with Crippen molar-refractivity contribution in [3.63, 3.8) is 0 Å². The molecule has 0 spiro atoms. The quantitative estimate of drug-likeness (QED) is 0.164. The van der Waals surface area contributed by atoms with E-state index in [0.29, 0.717) is 17.6 Å². The summed E-state index contributed by atoms with van der Waals surface area (Å²) in [6, 6.07) is 39.5. The Morgan fingerprint density at radius 1 is 0.656 bits per heavy atom. The molecule has 2 aliphatic carbocycles. The number of para-hydroxylation sites is 1. The van der Waals surface area contributed by atoms with Crippen molar-refractivity contribution < 1.29 is 0 Å². The lowest BCUT2D eigenvalue weighted by Crippen LogP contribution is -2.33. The van der Waals surface area contributed by atoms with Crippen LogP contribution in [0.4, 0.5) is 11.6 Å². The lowest BCUT2D eigenvalue weighted by Gasteiger charge is -2.35. The summed E-state index contributed by atoms with van der Waals surface area (Å²) in [5.74, 6) is 1.90. The Morgan fingerprint density at radius 2 is 1.45 bits per heavy atom. The molecule has 1 unspecified atom stereocenters. The Hall–Kier alpha value is -7.33. The maximum atomic E-state index is 5.56. The van der Waals surface area contributed by atoms with Gasteiger partial charge in [0.25, 0.3) is 0 Å². The van der Waals surface area contributed by atoms with Crippen LogP contribution in [0.15, 0.2) is 146 Å². The van der Waals surface area contributed by atoms with Crippen LogP contribution in [-0.4, -0.2) is 35.5 Å². The Kier molecular flexibility index (Phi) is 7.82. The zero-order valence-corrected chi connectivity index (χ0v) is 36.4. The second kappa shape index (κ2) is 13.8. The molecule has 9 heteroatoms. The van der Waals surface area contributed by atoms with Crippen LogP contribution >= 0.6 is 22.7 Å². The highest BCUT2D eigenvalue weighted by Gasteiger charge is 2.34. The topological polar surface area (TPSA) is 72.6 Å². The smallest absolute Gasteiger partial charge is 0.234 e. The predicted octanol–water partition coefficient (Wildman–Crippen LogP) is 14.4. The third kappa shape index (κ3) is 5.34. The SMILES string of the molecule is Cc1cccc2c1c1ccc3c(c1n2-c1cccc2nccnc12)N(c1nc(-c2ccc4sc5c(c4c2)C=CCC5)nc(-c2ccc4sc5ccccc5c4c2)n1)C1C=CCCC3=C1. The molecule has 7 nitrogen and oxygen atoms in total. The Bertz CT molecular complexity index is 3900. The van der Waals surface area contributed by atoms with Gasteiger partial charge in [0, 0.05) is 75.0 Å². The number of rotatable bonds is 4. The summed E-state index contributed by atoms with van der Waals surface area (Å²) in [6.07, 6.45) is 19.3. The monoisotopic (exact) mass is 859 g/mol. The fourth-order valence-electron chi connectivity index (χ4n) is 10.5. The number of aryl methyl sites for hydroxylation is 2. The predicted molar refractivity (Wildman–Crippen MR) is 267 cm³/mol. The Labute approximate surface area is 376 Å². The molecule has 0 amide bonds. The first-order valence-electron chi connectivity index (χ1n) is 22.0. The van der Waals surface area contributed by atoms with E-state index < -0.39 is 0 Å². The third-order valence-corrected chi connectivity index (χ3v) is 15.8. The van der Waals surface area contributed by atoms with Crippen LogP contribution in [0.5, 0.6) is 0 Å². The minimum absolute atomic E-state index is 0.140. The van der Waals surface area contributed by atoms with Gasteiger partial charge in [0.2, 0.25) is 5.95 Å². The molecule has 1 aliphatic heterocycles. The number of fused-ring (bicyclic) bond motifs is 14. The highest BCUT2D eigenvalue weighted by atomic mass is 32.1. The van der Waals surface area contributed by atoms with Crippen LogP contribution in [0.3, 0.4) is 0 Å². The van der Waals surface area contributed by atoms with Crippen LogP contribution in [0.1, 0.15) is 40.8 Å². The molecule has 11 aromatic rings. The van der Waals surface area contributed by atoms with Crippen LogP contribution in [0.25, 0.3) is 103 Å². The normalized spacial score (nSPS) is 15.7. The van der Waals surface area contributed by atoms with Crippen LogP contribution in [-0.2, 0) is 6.42 Å². The number of hydrogen-bond donors (Lipinski definition) is 0. The van der Waals surface area contributed by atoms with Crippen molar-refractivity contribution in [2.45, 2.75) is 38.6 Å². The molecule has 0 N–H and O–H groups in total. The summed E-state index contributed by atoms with van der Waals surface area (Å²) in [6.45, 7) is 2.21. The summed E-state index contributed by atoms with van der Waals surface area (Å²) in [5, 5.41) is 6.10. The minimum atomic E-state index is -0.140. The van der Waals surface area contributed by atoms with Gasteiger partial charge >= 0.3 is 0 Å². The van der Waals surface area contributed by atoms with Gasteiger partial charge < -0.3 is 4.57 Å². The van der Waals surface area contributed by atoms with Gasteiger partial charge in [-0.05, 0) is 110 Å². The molecule has 304 valence electrons. The van der Waals surface area contributed by atoms with E-state index in [1.54, 1.807) is 12.4 Å². The molecule has 0 saturated carbocycles. The standard InChI is InChI=1S/C55H37N7S2/c1-31-10-8-16-43-49(31)39-23-22-36-32-11-2-3-12-35(28-32)61(51(36)52(39)62(43)44-17-9-15-42-50(44)57-27-26-56-42)55-59-53(33-20-24-47-40(29-33)37-13-4-6-18-45(37)63-47)58-54(60-55)34-21-25-48-41(30-34)38-14-5-7-19-46(38)64-48/h3-6,8-10,12-18,20-30,35H,2,7,11,19H2,1H3. The number of anilines is 2. The summed E-state index contributed by atoms with van der Waals surface area (Å²) in [4.78, 5) is 30.0. The summed E-state index contributed by atoms with van der Waals surface area (Å²) in [5.41, 5.74) is 13.0. The van der Waals surface area contributed by atoms with Crippen molar-refractivity contribution in [3.8, 4) is 28.5 Å². The zero-order valence-electron chi connectivity index (χ0n) is 34.8. The minimum Gasteiger partial charge on any atom is -0.305 e. The van der Waals surface area contributed by atoms with Crippen molar-refractivity contribution >= 4 is 109 Å². The zero-order chi connectivity index (χ0) is 42.0. The Morgan fingerprint density at radius 3 is 2.36 bits per heavy atom. The fourth-order valence-corrected chi connectivity index (χ4v) is 12.8. The number of nitrogens with zero attached hydrogens (tertiary/aromatic N) is 7. The van der Waals surface area contributed by atoms with Crippen molar-refractivity contribution in [2.24, 2.45) is 0 Å². The molecule has 0 radical (unpaired) electrons. The summed E-state index contributed by atoms with van der Waals surface area (Å²) >= 11 is 3.73. The lowest BCUT2D eigenvalue weighted by atomic mass is 9.92. The van der Waals surface area contributed by atoms with Crippen molar-refractivity contribution in [3.05, 3.63) is 167 Å². The number of aromatic nitrogens is 6. The molecule has 2 bridgehead atoms. The fraction of sp³-hybridized carbons (Fsp3) is 0.109. The van der Waals surface area contributed by atoms with Gasteiger partial charge in [-0.2, -0.15) is 9.97 Å². The van der Waals surface area contributed by atoms with Gasteiger partial charge in [-0.25, -0.2) is 4.98 Å². The molecule has 3 aliphatic rings. The Balaban J connectivity index is 1.08. The van der Waals surface area contributed by atoms with Crippen LogP contribution in [0.2, 0.25) is 0 Å². The summed E-state index contributed by atoms with van der Waals surface area (Å²) < 4.78 is 6.23. The molecule has 14 rings (SSSR count). The maximum Gasteiger partial charge on any atom is 0.234 e. The summed E-state index contributed by atoms with van der Waals surface area (Å²) in [7, 11) is 0. The number of hydrogen-bond acceptors (Lipinski definition) is 8. The van der Waals surface area contributed by atoms with Gasteiger partial charge in [-0.15, -0.1) is 22.7 Å². The molecule has 0 saturated heterocycles. The second-order valence-electron chi connectivity index (χ2n) is 17.1. The number of allylic oxidation sites excluding steroid dienone is 3. The molecular weight excluding hydrogens is 823 g/mol. The average Bonchev–Trinajstić information content (AvgIpc) is 3.96. The van der Waals surface area contributed by atoms with Gasteiger partial charge in [0.1, 0.15) is 5.52 Å². The second-order valence-corrected chi connectivity index (χ2v) is 19.3. The van der Waals surface area contributed by atoms with E-state index in [4.69, 9.17) is 24.9 Å². The molecule has 1 atom stereocenters. The van der Waals surface area contributed by atoms with Crippen molar-refractivity contribution in [2.75, 3.05) is 4.90 Å². The molecule has 0 fully saturated rings. The highest BCUT2D eigenvalue weighted by Crippen LogP contribution is 2.50. The first-order valence-corrected chi connectivity index (χ1v) is 23.6. The van der Waals surface area contributed by atoms with Gasteiger partial charge in [-0.3, -0.25) is 14.9 Å². The van der Waals surface area contributed by atoms with Crippen molar-refractivity contribution in [1.29, 1.82) is 0 Å². The largest absolute Gasteiger partial charge is 0.305 e. The van der Waals surface area contributed by atoms with E-state index in [1.807, 2.05) is 28.7 Å². The van der Waals surface area contributed by atoms with E-state index in [1.165, 1.54) is 68.2 Å². The van der Waals surface area contributed by atoms with E-state index in [0.717, 1.165) is 70.3 Å². The average molecular weight is 860 g/mol. The van der Waals surface area contributed by atoms with E-state index in [-0.39, 0.29) is 6.04 Å². The molecule has 5 aromatic heterocycles. The van der Waals surface area contributed by atoms with E-state index >= 15 is 0 Å². The van der Waals surface area contributed by atoms with Crippen molar-refractivity contribution in [1.82, 2.24) is 29.5 Å². The number of benzene rings is 6. The maximum absolute atomic E-state index is 5.56. The number of thiophene rings is 2. The first kappa shape index (κ1) is 36.2. The van der Waals surface area contributed by atoms with Crippen LogP contribution in [0, 0.1) is 6.92 Å².